The highest BCUT2D eigenvalue weighted by molar-refractivity contribution is 6.31. The summed E-state index contributed by atoms with van der Waals surface area (Å²) in [5.74, 6) is 0. The first-order chi connectivity index (χ1) is 9.27. The molecule has 0 saturated heterocycles. The molecule has 0 saturated carbocycles. The van der Waals surface area contributed by atoms with Crippen LogP contribution in [-0.2, 0) is 11.3 Å². The predicted molar refractivity (Wildman–Crippen MR) is 78.2 cm³/mol. The Hall–Kier alpha value is -1.08. The Morgan fingerprint density at radius 3 is 2.79 bits per heavy atom. The fourth-order valence-electron chi connectivity index (χ4n) is 1.63. The summed E-state index contributed by atoms with van der Waals surface area (Å²) >= 11 is 6.09. The first kappa shape index (κ1) is 16.0. The van der Waals surface area contributed by atoms with E-state index in [2.05, 4.69) is 18.3 Å². The van der Waals surface area contributed by atoms with Crippen LogP contribution in [-0.4, -0.2) is 19.8 Å². The highest BCUT2D eigenvalue weighted by Crippen LogP contribution is 2.17. The molecule has 0 unspecified atom stereocenters. The topological polar surface area (TPSA) is 45.0 Å². The summed E-state index contributed by atoms with van der Waals surface area (Å²) in [6.45, 7) is 5.44. The highest BCUT2D eigenvalue weighted by atomic mass is 35.5. The third-order valence-electron chi connectivity index (χ3n) is 2.78. The summed E-state index contributed by atoms with van der Waals surface area (Å²) in [6.07, 6.45) is 3.31. The van der Waals surface area contributed by atoms with Gasteiger partial charge in [-0.15, -0.1) is 0 Å². The molecule has 1 N–H and O–H groups in total. The molecule has 1 rings (SSSR count). The van der Waals surface area contributed by atoms with Gasteiger partial charge in [-0.3, -0.25) is 0 Å². The number of hydrogen-bond donors (Lipinski definition) is 1. The Morgan fingerprint density at radius 2 is 2.11 bits per heavy atom. The van der Waals surface area contributed by atoms with Crippen molar-refractivity contribution in [3.8, 4) is 6.07 Å². The summed E-state index contributed by atoms with van der Waals surface area (Å²) in [6, 6.07) is 7.46. The maximum Gasteiger partial charge on any atom is 0.0992 e. The second-order valence-electron chi connectivity index (χ2n) is 4.41. The highest BCUT2D eigenvalue weighted by Gasteiger charge is 2.01. The maximum absolute atomic E-state index is 8.75. The molecule has 19 heavy (non-hydrogen) atoms. The Balaban J connectivity index is 2.14. The van der Waals surface area contributed by atoms with Crippen LogP contribution in [0.1, 0.15) is 37.3 Å². The minimum absolute atomic E-state index is 0.595. The van der Waals surface area contributed by atoms with Gasteiger partial charge >= 0.3 is 0 Å². The van der Waals surface area contributed by atoms with Gasteiger partial charge in [-0.25, -0.2) is 0 Å². The molecule has 0 aliphatic carbocycles. The third-order valence-corrected chi connectivity index (χ3v) is 3.13. The van der Waals surface area contributed by atoms with Crippen LogP contribution in [0.25, 0.3) is 0 Å². The second-order valence-corrected chi connectivity index (χ2v) is 4.82. The summed E-state index contributed by atoms with van der Waals surface area (Å²) in [5, 5.41) is 12.7. The molecule has 104 valence electrons. The monoisotopic (exact) mass is 280 g/mol. The van der Waals surface area contributed by atoms with Gasteiger partial charge in [-0.2, -0.15) is 5.26 Å². The zero-order valence-electron chi connectivity index (χ0n) is 11.4. The standard InChI is InChI=1S/C15H21ClN2O/c1-2-3-8-19-9-4-7-18-12-14-6-5-13(11-17)10-15(14)16/h5-6,10,18H,2-4,7-9,12H2,1H3. The van der Waals surface area contributed by atoms with E-state index >= 15 is 0 Å². The Bertz CT molecular complexity index is 415. The molecule has 0 spiro atoms. The van der Waals surface area contributed by atoms with E-state index in [0.29, 0.717) is 10.6 Å². The van der Waals surface area contributed by atoms with Gasteiger partial charge in [0.2, 0.25) is 0 Å². The summed E-state index contributed by atoms with van der Waals surface area (Å²) in [7, 11) is 0. The van der Waals surface area contributed by atoms with Crippen LogP contribution in [0.3, 0.4) is 0 Å². The lowest BCUT2D eigenvalue weighted by molar-refractivity contribution is 0.129. The minimum Gasteiger partial charge on any atom is -0.381 e. The number of unbranched alkanes of at least 4 members (excludes halogenated alkanes) is 1. The van der Waals surface area contributed by atoms with E-state index in [1.165, 1.54) is 6.42 Å². The normalized spacial score (nSPS) is 10.4. The van der Waals surface area contributed by atoms with Gasteiger partial charge in [0.15, 0.2) is 0 Å². The molecule has 1 aromatic rings. The number of rotatable bonds is 9. The van der Waals surface area contributed by atoms with Gasteiger partial charge in [0, 0.05) is 24.8 Å². The lowest BCUT2D eigenvalue weighted by Gasteiger charge is -2.07. The summed E-state index contributed by atoms with van der Waals surface area (Å²) < 4.78 is 5.48. The van der Waals surface area contributed by atoms with Crippen molar-refractivity contribution in [1.82, 2.24) is 5.32 Å². The van der Waals surface area contributed by atoms with Gasteiger partial charge in [0.25, 0.3) is 0 Å². The summed E-state index contributed by atoms with van der Waals surface area (Å²) in [5.41, 5.74) is 1.62. The average molecular weight is 281 g/mol. The van der Waals surface area contributed by atoms with E-state index in [1.54, 1.807) is 12.1 Å². The van der Waals surface area contributed by atoms with E-state index < -0.39 is 0 Å². The molecule has 0 fully saturated rings. The number of hydrogen-bond acceptors (Lipinski definition) is 3. The average Bonchev–Trinajstić information content (AvgIpc) is 2.43. The van der Waals surface area contributed by atoms with Crippen molar-refractivity contribution in [3.05, 3.63) is 34.3 Å². The zero-order chi connectivity index (χ0) is 13.9. The molecule has 4 heteroatoms. The Labute approximate surface area is 120 Å². The smallest absolute Gasteiger partial charge is 0.0992 e. The van der Waals surface area contributed by atoms with Gasteiger partial charge in [-0.05, 0) is 37.1 Å². The number of halogens is 1. The van der Waals surface area contributed by atoms with Gasteiger partial charge in [0.1, 0.15) is 0 Å². The lowest BCUT2D eigenvalue weighted by Crippen LogP contribution is -2.16. The van der Waals surface area contributed by atoms with E-state index in [0.717, 1.165) is 44.7 Å². The number of nitriles is 1. The van der Waals surface area contributed by atoms with Crippen molar-refractivity contribution in [2.45, 2.75) is 32.7 Å². The predicted octanol–water partition coefficient (Wildman–Crippen LogP) is 3.51. The Kier molecular flexibility index (Phi) is 8.24. The van der Waals surface area contributed by atoms with Crippen LogP contribution in [0, 0.1) is 11.3 Å². The lowest BCUT2D eigenvalue weighted by atomic mass is 10.1. The van der Waals surface area contributed by atoms with E-state index in [4.69, 9.17) is 21.6 Å². The fourth-order valence-corrected chi connectivity index (χ4v) is 1.88. The first-order valence-electron chi connectivity index (χ1n) is 6.75. The number of benzene rings is 1. The molecule has 0 radical (unpaired) electrons. The van der Waals surface area contributed by atoms with Crippen LogP contribution in [0.2, 0.25) is 5.02 Å². The first-order valence-corrected chi connectivity index (χ1v) is 7.12. The molecule has 0 aromatic heterocycles. The second kappa shape index (κ2) is 9.80. The van der Waals surface area contributed by atoms with Crippen molar-refractivity contribution in [2.75, 3.05) is 19.8 Å². The Morgan fingerprint density at radius 1 is 1.32 bits per heavy atom. The molecule has 1 aromatic carbocycles. The molecule has 0 aliphatic heterocycles. The SMILES string of the molecule is CCCCOCCCNCc1ccc(C#N)cc1Cl. The summed E-state index contributed by atoms with van der Waals surface area (Å²) in [4.78, 5) is 0. The van der Waals surface area contributed by atoms with Crippen molar-refractivity contribution in [1.29, 1.82) is 5.26 Å². The van der Waals surface area contributed by atoms with E-state index in [-0.39, 0.29) is 0 Å². The van der Waals surface area contributed by atoms with Gasteiger partial charge in [0.05, 0.1) is 11.6 Å². The molecular formula is C15H21ClN2O. The molecule has 0 atom stereocenters. The van der Waals surface area contributed by atoms with E-state index in [1.807, 2.05) is 6.07 Å². The quantitative estimate of drug-likeness (QED) is 0.704. The number of nitrogens with one attached hydrogen (secondary N) is 1. The van der Waals surface area contributed by atoms with Crippen molar-refractivity contribution in [2.24, 2.45) is 0 Å². The van der Waals surface area contributed by atoms with Gasteiger partial charge < -0.3 is 10.1 Å². The van der Waals surface area contributed by atoms with Crippen molar-refractivity contribution in [3.63, 3.8) is 0 Å². The van der Waals surface area contributed by atoms with Crippen molar-refractivity contribution >= 4 is 11.6 Å². The van der Waals surface area contributed by atoms with Crippen LogP contribution >= 0.6 is 11.6 Å². The number of nitrogens with zero attached hydrogens (tertiary/aromatic N) is 1. The molecule has 0 aliphatic rings. The van der Waals surface area contributed by atoms with Gasteiger partial charge in [-0.1, -0.05) is 31.0 Å². The molecular weight excluding hydrogens is 260 g/mol. The maximum atomic E-state index is 8.75. The largest absolute Gasteiger partial charge is 0.381 e. The molecule has 0 amide bonds. The van der Waals surface area contributed by atoms with Crippen LogP contribution in [0.15, 0.2) is 18.2 Å². The van der Waals surface area contributed by atoms with Crippen molar-refractivity contribution < 1.29 is 4.74 Å². The molecule has 3 nitrogen and oxygen atoms in total. The van der Waals surface area contributed by atoms with Crippen LogP contribution in [0.4, 0.5) is 0 Å². The zero-order valence-corrected chi connectivity index (χ0v) is 12.2. The van der Waals surface area contributed by atoms with E-state index in [9.17, 15) is 0 Å². The fraction of sp³-hybridized carbons (Fsp3) is 0.533. The minimum atomic E-state index is 0.595. The van der Waals surface area contributed by atoms with Crippen LogP contribution in [0.5, 0.6) is 0 Å². The molecule has 0 heterocycles. The van der Waals surface area contributed by atoms with Crippen LogP contribution < -0.4 is 5.32 Å². The third kappa shape index (κ3) is 6.58. The molecule has 0 bridgehead atoms. The number of ether oxygens (including phenoxy) is 1.